The predicted octanol–water partition coefficient (Wildman–Crippen LogP) is 5.44. The smallest absolute Gasteiger partial charge is 0.242 e. The second kappa shape index (κ2) is 14.1. The number of nitrogens with one attached hydrogen (secondary N) is 1. The van der Waals surface area contributed by atoms with Gasteiger partial charge in [-0.3, -0.25) is 9.59 Å². The summed E-state index contributed by atoms with van der Waals surface area (Å²) in [4.78, 5) is 27.8. The summed E-state index contributed by atoms with van der Waals surface area (Å²) in [5.74, 6) is 0.315. The Balaban J connectivity index is 2.16. The molecule has 0 aliphatic carbocycles. The number of ether oxygens (including phenoxy) is 1. The molecule has 180 valence electrons. The van der Waals surface area contributed by atoms with Crippen LogP contribution in [0.2, 0.25) is 5.02 Å². The maximum atomic E-state index is 14.1. The van der Waals surface area contributed by atoms with Crippen molar-refractivity contribution in [1.29, 1.82) is 0 Å². The number of hydrogen-bond donors (Lipinski definition) is 1. The number of benzene rings is 2. The molecule has 5 nitrogen and oxygen atoms in total. The first kappa shape index (κ1) is 27.0. The highest BCUT2D eigenvalue weighted by Gasteiger charge is 2.28. The second-order valence-electron chi connectivity index (χ2n) is 7.63. The second-order valence-corrected chi connectivity index (χ2v) is 9.03. The van der Waals surface area contributed by atoms with E-state index in [1.54, 1.807) is 24.1 Å². The zero-order chi connectivity index (χ0) is 24.2. The Morgan fingerprint density at radius 3 is 2.64 bits per heavy atom. The summed E-state index contributed by atoms with van der Waals surface area (Å²) in [5.41, 5.74) is 1.24. The van der Waals surface area contributed by atoms with Crippen molar-refractivity contribution in [3.05, 3.63) is 64.4 Å². The van der Waals surface area contributed by atoms with Crippen LogP contribution in [0.1, 0.15) is 44.2 Å². The van der Waals surface area contributed by atoms with Crippen LogP contribution in [0.4, 0.5) is 4.39 Å². The van der Waals surface area contributed by atoms with E-state index in [1.165, 1.54) is 17.8 Å². The molecule has 33 heavy (non-hydrogen) atoms. The molecule has 0 heterocycles. The van der Waals surface area contributed by atoms with Crippen LogP contribution in [0, 0.1) is 5.82 Å². The summed E-state index contributed by atoms with van der Waals surface area (Å²) in [5, 5.41) is 3.28. The van der Waals surface area contributed by atoms with Gasteiger partial charge < -0.3 is 15.0 Å². The van der Waals surface area contributed by atoms with E-state index in [1.807, 2.05) is 31.2 Å². The Kier molecular flexibility index (Phi) is 11.5. The van der Waals surface area contributed by atoms with E-state index in [0.717, 1.165) is 18.4 Å². The van der Waals surface area contributed by atoms with E-state index in [4.69, 9.17) is 16.3 Å². The van der Waals surface area contributed by atoms with E-state index in [-0.39, 0.29) is 29.9 Å². The van der Waals surface area contributed by atoms with Gasteiger partial charge in [-0.05, 0) is 42.7 Å². The van der Waals surface area contributed by atoms with Crippen molar-refractivity contribution in [1.82, 2.24) is 10.2 Å². The Hall–Kier alpha value is -2.25. The van der Waals surface area contributed by atoms with Gasteiger partial charge in [-0.25, -0.2) is 4.39 Å². The SMILES string of the molecule is CCCCNC(=O)C(CC)N(Cc1cccc(OC)c1)C(=O)CSCc1c(F)cccc1Cl. The van der Waals surface area contributed by atoms with Crippen LogP contribution >= 0.6 is 23.4 Å². The molecule has 2 rings (SSSR count). The Morgan fingerprint density at radius 1 is 1.21 bits per heavy atom. The molecular formula is C25H32ClFN2O3S. The lowest BCUT2D eigenvalue weighted by atomic mass is 10.1. The van der Waals surface area contributed by atoms with Crippen molar-refractivity contribution in [3.8, 4) is 5.75 Å². The monoisotopic (exact) mass is 494 g/mol. The zero-order valence-corrected chi connectivity index (χ0v) is 21.0. The summed E-state index contributed by atoms with van der Waals surface area (Å²) < 4.78 is 19.4. The van der Waals surface area contributed by atoms with Gasteiger partial charge in [-0.2, -0.15) is 0 Å². The van der Waals surface area contributed by atoms with Crippen molar-refractivity contribution in [2.75, 3.05) is 19.4 Å². The van der Waals surface area contributed by atoms with E-state index in [0.29, 0.717) is 29.3 Å². The minimum absolute atomic E-state index is 0.105. The van der Waals surface area contributed by atoms with Gasteiger partial charge in [0.2, 0.25) is 11.8 Å². The van der Waals surface area contributed by atoms with E-state index < -0.39 is 11.9 Å². The fourth-order valence-electron chi connectivity index (χ4n) is 3.39. The summed E-state index contributed by atoms with van der Waals surface area (Å²) in [6.07, 6.45) is 2.33. The fourth-order valence-corrected chi connectivity index (χ4v) is 4.64. The number of halogens is 2. The Bertz CT molecular complexity index is 908. The van der Waals surface area contributed by atoms with Gasteiger partial charge in [0.25, 0.3) is 0 Å². The molecule has 0 aromatic heterocycles. The van der Waals surface area contributed by atoms with Gasteiger partial charge in [0.05, 0.1) is 12.9 Å². The van der Waals surface area contributed by atoms with E-state index >= 15 is 0 Å². The molecule has 0 spiro atoms. The Labute approximate surface area is 205 Å². The van der Waals surface area contributed by atoms with Gasteiger partial charge in [0.15, 0.2) is 0 Å². The van der Waals surface area contributed by atoms with Gasteiger partial charge in [0, 0.05) is 29.4 Å². The lowest BCUT2D eigenvalue weighted by Gasteiger charge is -2.30. The highest BCUT2D eigenvalue weighted by atomic mass is 35.5. The summed E-state index contributed by atoms with van der Waals surface area (Å²) >= 11 is 7.38. The summed E-state index contributed by atoms with van der Waals surface area (Å²) in [6, 6.07) is 11.4. The molecule has 8 heteroatoms. The number of methoxy groups -OCH3 is 1. The van der Waals surface area contributed by atoms with E-state index in [2.05, 4.69) is 12.2 Å². The highest BCUT2D eigenvalue weighted by Crippen LogP contribution is 2.25. The molecule has 0 saturated heterocycles. The third-order valence-electron chi connectivity index (χ3n) is 5.24. The van der Waals surface area contributed by atoms with Gasteiger partial charge in [-0.15, -0.1) is 11.8 Å². The zero-order valence-electron chi connectivity index (χ0n) is 19.4. The number of carbonyl (C=O) groups excluding carboxylic acids is 2. The van der Waals surface area contributed by atoms with Crippen molar-refractivity contribution >= 4 is 35.2 Å². The first-order chi connectivity index (χ1) is 15.9. The number of carbonyl (C=O) groups is 2. The van der Waals surface area contributed by atoms with Crippen LogP contribution in [-0.2, 0) is 21.9 Å². The van der Waals surface area contributed by atoms with Crippen molar-refractivity contribution < 1.29 is 18.7 Å². The number of thioether (sulfide) groups is 1. The van der Waals surface area contributed by atoms with Gasteiger partial charge in [-0.1, -0.05) is 50.1 Å². The molecule has 2 amide bonds. The lowest BCUT2D eigenvalue weighted by molar-refractivity contribution is -0.139. The molecule has 0 radical (unpaired) electrons. The highest BCUT2D eigenvalue weighted by molar-refractivity contribution is 7.99. The minimum Gasteiger partial charge on any atom is -0.497 e. The van der Waals surface area contributed by atoms with Crippen LogP contribution in [-0.4, -0.2) is 42.2 Å². The molecule has 0 fully saturated rings. The lowest BCUT2D eigenvalue weighted by Crippen LogP contribution is -2.49. The van der Waals surface area contributed by atoms with Crippen molar-refractivity contribution in [2.24, 2.45) is 0 Å². The largest absolute Gasteiger partial charge is 0.497 e. The molecule has 0 saturated carbocycles. The predicted molar refractivity (Wildman–Crippen MR) is 133 cm³/mol. The average molecular weight is 495 g/mol. The van der Waals surface area contributed by atoms with Crippen LogP contribution < -0.4 is 10.1 Å². The number of nitrogens with zero attached hydrogens (tertiary/aromatic N) is 1. The average Bonchev–Trinajstić information content (AvgIpc) is 2.81. The normalized spacial score (nSPS) is 11.7. The minimum atomic E-state index is -0.599. The van der Waals surface area contributed by atoms with Gasteiger partial charge >= 0.3 is 0 Å². The number of amides is 2. The van der Waals surface area contributed by atoms with Gasteiger partial charge in [0.1, 0.15) is 17.6 Å². The molecule has 1 N–H and O–H groups in total. The summed E-state index contributed by atoms with van der Waals surface area (Å²) in [6.45, 7) is 4.80. The van der Waals surface area contributed by atoms with Crippen LogP contribution in [0.25, 0.3) is 0 Å². The topological polar surface area (TPSA) is 58.6 Å². The van der Waals surface area contributed by atoms with Crippen LogP contribution in [0.3, 0.4) is 0 Å². The van der Waals surface area contributed by atoms with E-state index in [9.17, 15) is 14.0 Å². The molecule has 1 atom stereocenters. The first-order valence-corrected chi connectivity index (χ1v) is 12.6. The molecule has 2 aromatic rings. The summed E-state index contributed by atoms with van der Waals surface area (Å²) in [7, 11) is 1.59. The molecule has 0 aliphatic heterocycles. The van der Waals surface area contributed by atoms with Crippen LogP contribution in [0.5, 0.6) is 5.75 Å². The Morgan fingerprint density at radius 2 is 1.97 bits per heavy atom. The first-order valence-electron chi connectivity index (χ1n) is 11.1. The van der Waals surface area contributed by atoms with Crippen molar-refractivity contribution in [3.63, 3.8) is 0 Å². The maximum absolute atomic E-state index is 14.1. The van der Waals surface area contributed by atoms with Crippen LogP contribution in [0.15, 0.2) is 42.5 Å². The molecular weight excluding hydrogens is 463 g/mol. The quantitative estimate of drug-likeness (QED) is 0.376. The number of unbranched alkanes of at least 4 members (excludes halogenated alkanes) is 1. The third kappa shape index (κ3) is 8.23. The van der Waals surface area contributed by atoms with Crippen molar-refractivity contribution in [2.45, 2.75) is 51.4 Å². The fraction of sp³-hybridized carbons (Fsp3) is 0.440. The molecule has 2 aromatic carbocycles. The maximum Gasteiger partial charge on any atom is 0.242 e. The number of hydrogen-bond acceptors (Lipinski definition) is 4. The molecule has 0 aliphatic rings. The molecule has 1 unspecified atom stereocenters. The third-order valence-corrected chi connectivity index (χ3v) is 6.53. The number of rotatable bonds is 13. The standard InChI is InChI=1S/C25H32ClFN2O3S/c1-4-6-13-28-25(31)23(5-2)29(15-18-9-7-10-19(14-18)32-3)24(30)17-33-16-20-21(26)11-8-12-22(20)27/h7-12,14,23H,4-6,13,15-17H2,1-3H3,(H,28,31). The molecule has 0 bridgehead atoms.